The Morgan fingerprint density at radius 1 is 1.12 bits per heavy atom. The summed E-state index contributed by atoms with van der Waals surface area (Å²) in [6, 6.07) is 16.0. The van der Waals surface area contributed by atoms with Gasteiger partial charge in [-0.1, -0.05) is 42.5 Å². The summed E-state index contributed by atoms with van der Waals surface area (Å²) >= 11 is 0. The van der Waals surface area contributed by atoms with Crippen molar-refractivity contribution in [3.05, 3.63) is 65.7 Å². The normalized spacial score (nSPS) is 20.9. The second-order valence-corrected chi connectivity index (χ2v) is 7.90. The maximum atomic E-state index is 12.9. The van der Waals surface area contributed by atoms with Gasteiger partial charge in [-0.05, 0) is 29.7 Å². The molecule has 0 spiro atoms. The van der Waals surface area contributed by atoms with Crippen LogP contribution in [0.15, 0.2) is 54.6 Å². The highest BCUT2D eigenvalue weighted by atomic mass is 16.5. The molecule has 2 fully saturated rings. The SMILES string of the molecule is COc1ccc(CCN2C(=O)N[C@H](CC(=O)N3CCO[C@H](c4ccccc4)C3)C2=O)cc1. The number of carbonyl (C=O) groups is 3. The number of rotatable bonds is 7. The maximum Gasteiger partial charge on any atom is 0.324 e. The molecule has 4 amide bonds. The number of methoxy groups -OCH3 is 1. The third-order valence-corrected chi connectivity index (χ3v) is 5.86. The molecular weight excluding hydrogens is 410 g/mol. The van der Waals surface area contributed by atoms with Gasteiger partial charge in [-0.25, -0.2) is 4.79 Å². The van der Waals surface area contributed by atoms with Crippen LogP contribution in [0.1, 0.15) is 23.7 Å². The van der Waals surface area contributed by atoms with Gasteiger partial charge in [-0.15, -0.1) is 0 Å². The highest BCUT2D eigenvalue weighted by Gasteiger charge is 2.40. The van der Waals surface area contributed by atoms with E-state index >= 15 is 0 Å². The largest absolute Gasteiger partial charge is 0.497 e. The van der Waals surface area contributed by atoms with Crippen molar-refractivity contribution in [2.75, 3.05) is 33.4 Å². The van der Waals surface area contributed by atoms with Crippen LogP contribution in [0.25, 0.3) is 0 Å². The molecule has 2 atom stereocenters. The highest BCUT2D eigenvalue weighted by molar-refractivity contribution is 6.05. The van der Waals surface area contributed by atoms with Gasteiger partial charge in [0, 0.05) is 13.1 Å². The fourth-order valence-electron chi connectivity index (χ4n) is 4.01. The van der Waals surface area contributed by atoms with E-state index in [-0.39, 0.29) is 30.9 Å². The van der Waals surface area contributed by atoms with Crippen LogP contribution >= 0.6 is 0 Å². The van der Waals surface area contributed by atoms with Crippen molar-refractivity contribution in [1.82, 2.24) is 15.1 Å². The van der Waals surface area contributed by atoms with E-state index in [4.69, 9.17) is 9.47 Å². The summed E-state index contributed by atoms with van der Waals surface area (Å²) in [6.07, 6.45) is 0.292. The van der Waals surface area contributed by atoms with Crippen LogP contribution in [-0.2, 0) is 20.7 Å². The molecule has 2 aromatic carbocycles. The quantitative estimate of drug-likeness (QED) is 0.671. The Hall–Kier alpha value is -3.39. The monoisotopic (exact) mass is 437 g/mol. The fourth-order valence-corrected chi connectivity index (χ4v) is 4.01. The van der Waals surface area contributed by atoms with Gasteiger partial charge in [0.15, 0.2) is 0 Å². The first-order valence-corrected chi connectivity index (χ1v) is 10.7. The van der Waals surface area contributed by atoms with Gasteiger partial charge in [-0.2, -0.15) is 0 Å². The molecule has 0 radical (unpaired) electrons. The Morgan fingerprint density at radius 3 is 2.59 bits per heavy atom. The van der Waals surface area contributed by atoms with E-state index in [0.29, 0.717) is 26.1 Å². The van der Waals surface area contributed by atoms with E-state index in [0.717, 1.165) is 16.9 Å². The minimum atomic E-state index is -0.830. The lowest BCUT2D eigenvalue weighted by atomic mass is 10.1. The molecule has 8 heteroatoms. The van der Waals surface area contributed by atoms with Crippen molar-refractivity contribution in [2.24, 2.45) is 0 Å². The zero-order valence-electron chi connectivity index (χ0n) is 18.0. The standard InChI is InChI=1S/C24H27N3O5/c1-31-19-9-7-17(8-10-19)11-12-27-23(29)20(25-24(27)30)15-22(28)26-13-14-32-21(16-26)18-5-3-2-4-6-18/h2-10,20-21H,11-16H2,1H3,(H,25,30)/t20-,21+/m1/s1. The van der Waals surface area contributed by atoms with E-state index < -0.39 is 12.1 Å². The van der Waals surface area contributed by atoms with E-state index in [1.807, 2.05) is 54.6 Å². The maximum absolute atomic E-state index is 12.9. The molecule has 0 aliphatic carbocycles. The third kappa shape index (κ3) is 4.91. The van der Waals surface area contributed by atoms with Gasteiger partial charge in [-0.3, -0.25) is 14.5 Å². The Kier molecular flexibility index (Phi) is 6.70. The number of carbonyl (C=O) groups excluding carboxylic acids is 3. The van der Waals surface area contributed by atoms with Gasteiger partial charge >= 0.3 is 6.03 Å². The summed E-state index contributed by atoms with van der Waals surface area (Å²) in [4.78, 5) is 40.9. The van der Waals surface area contributed by atoms with E-state index in [1.165, 1.54) is 4.90 Å². The van der Waals surface area contributed by atoms with E-state index in [9.17, 15) is 14.4 Å². The first-order valence-electron chi connectivity index (χ1n) is 10.7. The summed E-state index contributed by atoms with van der Waals surface area (Å²) in [5.41, 5.74) is 2.01. The zero-order valence-corrected chi connectivity index (χ0v) is 18.0. The molecule has 0 bridgehead atoms. The lowest BCUT2D eigenvalue weighted by molar-refractivity contribution is -0.141. The van der Waals surface area contributed by atoms with Gasteiger partial charge < -0.3 is 19.7 Å². The average molecular weight is 437 g/mol. The van der Waals surface area contributed by atoms with Crippen LogP contribution in [0.4, 0.5) is 4.79 Å². The summed E-state index contributed by atoms with van der Waals surface area (Å²) < 4.78 is 11.0. The van der Waals surface area contributed by atoms with Gasteiger partial charge in [0.2, 0.25) is 5.91 Å². The van der Waals surface area contributed by atoms with Crippen LogP contribution in [0.5, 0.6) is 5.75 Å². The molecular formula is C24H27N3O5. The molecule has 32 heavy (non-hydrogen) atoms. The van der Waals surface area contributed by atoms with Crippen molar-refractivity contribution < 1.29 is 23.9 Å². The number of ether oxygens (including phenoxy) is 2. The second-order valence-electron chi connectivity index (χ2n) is 7.90. The molecule has 2 aliphatic rings. The number of nitrogens with one attached hydrogen (secondary N) is 1. The van der Waals surface area contributed by atoms with Crippen molar-refractivity contribution >= 4 is 17.8 Å². The fraction of sp³-hybridized carbons (Fsp3) is 0.375. The molecule has 0 unspecified atom stereocenters. The minimum absolute atomic E-state index is 0.0505. The van der Waals surface area contributed by atoms with Gasteiger partial charge in [0.25, 0.3) is 5.91 Å². The first kappa shape index (κ1) is 21.8. The lowest BCUT2D eigenvalue weighted by Crippen LogP contribution is -2.45. The smallest absolute Gasteiger partial charge is 0.324 e. The topological polar surface area (TPSA) is 88.2 Å². The molecule has 8 nitrogen and oxygen atoms in total. The third-order valence-electron chi connectivity index (χ3n) is 5.86. The number of morpholine rings is 1. The molecule has 2 aromatic rings. The lowest BCUT2D eigenvalue weighted by Gasteiger charge is -2.33. The molecule has 2 saturated heterocycles. The average Bonchev–Trinajstić information content (AvgIpc) is 3.10. The van der Waals surface area contributed by atoms with Crippen molar-refractivity contribution in [3.8, 4) is 5.75 Å². The number of benzene rings is 2. The molecule has 2 aliphatic heterocycles. The van der Waals surface area contributed by atoms with E-state index in [2.05, 4.69) is 5.32 Å². The Morgan fingerprint density at radius 2 is 1.88 bits per heavy atom. The summed E-state index contributed by atoms with van der Waals surface area (Å²) in [5.74, 6) is 0.231. The van der Waals surface area contributed by atoms with Crippen molar-refractivity contribution in [2.45, 2.75) is 25.0 Å². The number of hydrogen-bond donors (Lipinski definition) is 1. The predicted molar refractivity (Wildman–Crippen MR) is 117 cm³/mol. The summed E-state index contributed by atoms with van der Waals surface area (Å²) in [6.45, 7) is 1.59. The van der Waals surface area contributed by atoms with Crippen molar-refractivity contribution in [1.29, 1.82) is 0 Å². The Labute approximate surface area is 187 Å². The summed E-state index contributed by atoms with van der Waals surface area (Å²) in [5, 5.41) is 2.66. The number of nitrogens with zero attached hydrogens (tertiary/aromatic N) is 2. The Bertz CT molecular complexity index is 963. The number of urea groups is 1. The molecule has 0 aromatic heterocycles. The summed E-state index contributed by atoms with van der Waals surface area (Å²) in [7, 11) is 1.60. The molecule has 2 heterocycles. The zero-order chi connectivity index (χ0) is 22.5. The van der Waals surface area contributed by atoms with Crippen molar-refractivity contribution in [3.63, 3.8) is 0 Å². The second kappa shape index (κ2) is 9.82. The van der Waals surface area contributed by atoms with Gasteiger partial charge in [0.1, 0.15) is 17.9 Å². The van der Waals surface area contributed by atoms with Crippen LogP contribution in [0.3, 0.4) is 0 Å². The number of hydrogen-bond acceptors (Lipinski definition) is 5. The Balaban J connectivity index is 1.31. The van der Waals surface area contributed by atoms with E-state index in [1.54, 1.807) is 12.0 Å². The minimum Gasteiger partial charge on any atom is -0.497 e. The number of amides is 4. The number of imide groups is 1. The molecule has 168 valence electrons. The molecule has 4 rings (SSSR count). The van der Waals surface area contributed by atoms with Crippen LogP contribution < -0.4 is 10.1 Å². The van der Waals surface area contributed by atoms with Crippen LogP contribution in [0.2, 0.25) is 0 Å². The highest BCUT2D eigenvalue weighted by Crippen LogP contribution is 2.23. The van der Waals surface area contributed by atoms with Gasteiger partial charge in [0.05, 0.1) is 26.7 Å². The van der Waals surface area contributed by atoms with Crippen LogP contribution in [0, 0.1) is 0 Å². The molecule has 0 saturated carbocycles. The predicted octanol–water partition coefficient (Wildman–Crippen LogP) is 2.15. The van der Waals surface area contributed by atoms with Crippen LogP contribution in [-0.4, -0.2) is 67.0 Å². The first-order chi connectivity index (χ1) is 15.5. The molecule has 1 N–H and O–H groups in total.